The number of guanidine groups is 1. The van der Waals surface area contributed by atoms with E-state index in [1.165, 1.54) is 0 Å². The largest absolute Gasteiger partial charge is 0.353 e. The molecule has 4 heterocycles. The minimum absolute atomic E-state index is 0. The van der Waals surface area contributed by atoms with Crippen LogP contribution in [0.2, 0.25) is 0 Å². The Morgan fingerprint density at radius 3 is 2.63 bits per heavy atom. The van der Waals surface area contributed by atoms with Gasteiger partial charge in [-0.1, -0.05) is 12.1 Å². The normalized spacial score (nSPS) is 14.9. The SMILES string of the molecule is CN=C(NCc1cn2ccccc2n1)N1CCN(c2ccccn2)CC1.I. The maximum absolute atomic E-state index is 4.63. The number of halogens is 1. The first-order chi connectivity index (χ1) is 12.8. The molecule has 8 heteroatoms. The van der Waals surface area contributed by atoms with Gasteiger partial charge in [0.2, 0.25) is 0 Å². The number of hydrogen-bond acceptors (Lipinski definition) is 4. The van der Waals surface area contributed by atoms with Crippen LogP contribution in [-0.2, 0) is 6.54 Å². The topological polar surface area (TPSA) is 61.1 Å². The molecular formula is C19H24IN7. The van der Waals surface area contributed by atoms with Crippen LogP contribution < -0.4 is 10.2 Å². The molecule has 0 saturated carbocycles. The van der Waals surface area contributed by atoms with Crippen LogP contribution in [0, 0.1) is 0 Å². The summed E-state index contributed by atoms with van der Waals surface area (Å²) in [5.41, 5.74) is 1.97. The molecule has 7 nitrogen and oxygen atoms in total. The van der Waals surface area contributed by atoms with E-state index in [0.29, 0.717) is 6.54 Å². The number of anilines is 1. The van der Waals surface area contributed by atoms with Crippen LogP contribution in [0.25, 0.3) is 5.65 Å². The Kier molecular flexibility index (Phi) is 6.49. The summed E-state index contributed by atoms with van der Waals surface area (Å²) in [7, 11) is 1.83. The second-order valence-corrected chi connectivity index (χ2v) is 6.26. The monoisotopic (exact) mass is 477 g/mol. The molecule has 27 heavy (non-hydrogen) atoms. The lowest BCUT2D eigenvalue weighted by Crippen LogP contribution is -2.52. The lowest BCUT2D eigenvalue weighted by atomic mass is 10.3. The van der Waals surface area contributed by atoms with E-state index in [9.17, 15) is 0 Å². The van der Waals surface area contributed by atoms with E-state index in [2.05, 4.69) is 42.3 Å². The fraction of sp³-hybridized carbons (Fsp3) is 0.316. The van der Waals surface area contributed by atoms with E-state index in [4.69, 9.17) is 0 Å². The summed E-state index contributed by atoms with van der Waals surface area (Å²) in [5, 5.41) is 3.44. The van der Waals surface area contributed by atoms with E-state index >= 15 is 0 Å². The number of rotatable bonds is 3. The Bertz CT molecular complexity index is 852. The molecule has 0 atom stereocenters. The second-order valence-electron chi connectivity index (χ2n) is 6.26. The quantitative estimate of drug-likeness (QED) is 0.356. The third kappa shape index (κ3) is 4.49. The van der Waals surface area contributed by atoms with Crippen molar-refractivity contribution in [2.75, 3.05) is 38.1 Å². The maximum atomic E-state index is 4.63. The number of imidazole rings is 1. The highest BCUT2D eigenvalue weighted by Crippen LogP contribution is 2.12. The smallest absolute Gasteiger partial charge is 0.194 e. The number of fused-ring (bicyclic) bond motifs is 1. The van der Waals surface area contributed by atoms with Crippen LogP contribution in [-0.4, -0.2) is 58.5 Å². The lowest BCUT2D eigenvalue weighted by molar-refractivity contribution is 0.371. The number of aromatic nitrogens is 3. The molecule has 0 spiro atoms. The second kappa shape index (κ2) is 9.03. The number of nitrogens with one attached hydrogen (secondary N) is 1. The van der Waals surface area contributed by atoms with Crippen LogP contribution in [0.1, 0.15) is 5.69 Å². The third-order valence-electron chi connectivity index (χ3n) is 4.61. The molecule has 3 aromatic rings. The van der Waals surface area contributed by atoms with Crippen LogP contribution in [0.15, 0.2) is 60.0 Å². The average Bonchev–Trinajstić information content (AvgIpc) is 3.12. The van der Waals surface area contributed by atoms with Crippen molar-refractivity contribution in [3.63, 3.8) is 0 Å². The predicted molar refractivity (Wildman–Crippen MR) is 119 cm³/mol. The van der Waals surface area contributed by atoms with Crippen LogP contribution in [0.4, 0.5) is 5.82 Å². The number of nitrogens with zero attached hydrogens (tertiary/aromatic N) is 6. The van der Waals surface area contributed by atoms with Gasteiger partial charge in [0.25, 0.3) is 0 Å². The number of hydrogen-bond donors (Lipinski definition) is 1. The zero-order chi connectivity index (χ0) is 17.8. The van der Waals surface area contributed by atoms with Crippen molar-refractivity contribution in [3.05, 3.63) is 60.7 Å². The van der Waals surface area contributed by atoms with E-state index in [0.717, 1.165) is 49.3 Å². The minimum Gasteiger partial charge on any atom is -0.353 e. The first-order valence-corrected chi connectivity index (χ1v) is 8.88. The van der Waals surface area contributed by atoms with Crippen molar-refractivity contribution in [1.82, 2.24) is 24.6 Å². The van der Waals surface area contributed by atoms with Crippen molar-refractivity contribution >= 4 is 41.4 Å². The van der Waals surface area contributed by atoms with Crippen molar-refractivity contribution in [2.45, 2.75) is 6.54 Å². The average molecular weight is 477 g/mol. The maximum Gasteiger partial charge on any atom is 0.194 e. The molecular weight excluding hydrogens is 453 g/mol. The van der Waals surface area contributed by atoms with Crippen molar-refractivity contribution in [2.24, 2.45) is 4.99 Å². The van der Waals surface area contributed by atoms with E-state index < -0.39 is 0 Å². The fourth-order valence-corrected chi connectivity index (χ4v) is 3.26. The third-order valence-corrected chi connectivity index (χ3v) is 4.61. The van der Waals surface area contributed by atoms with Gasteiger partial charge < -0.3 is 19.5 Å². The molecule has 0 bridgehead atoms. The predicted octanol–water partition coefficient (Wildman–Crippen LogP) is 2.24. The summed E-state index contributed by atoms with van der Waals surface area (Å²) in [6.45, 7) is 4.37. The molecule has 3 aromatic heterocycles. The number of pyridine rings is 2. The van der Waals surface area contributed by atoms with Crippen LogP contribution >= 0.6 is 24.0 Å². The molecule has 1 aliphatic rings. The highest BCUT2D eigenvalue weighted by Gasteiger charge is 2.20. The van der Waals surface area contributed by atoms with Crippen molar-refractivity contribution < 1.29 is 0 Å². The molecule has 0 radical (unpaired) electrons. The van der Waals surface area contributed by atoms with Gasteiger partial charge in [-0.05, 0) is 24.3 Å². The summed E-state index contributed by atoms with van der Waals surface area (Å²) < 4.78 is 2.03. The molecule has 0 unspecified atom stereocenters. The van der Waals surface area contributed by atoms with Crippen LogP contribution in [0.5, 0.6) is 0 Å². The molecule has 0 aliphatic carbocycles. The Morgan fingerprint density at radius 2 is 1.93 bits per heavy atom. The van der Waals surface area contributed by atoms with E-state index in [1.807, 2.05) is 54.2 Å². The van der Waals surface area contributed by atoms with Gasteiger partial charge in [-0.15, -0.1) is 24.0 Å². The fourth-order valence-electron chi connectivity index (χ4n) is 3.26. The molecule has 1 fully saturated rings. The van der Waals surface area contributed by atoms with Gasteiger partial charge in [-0.3, -0.25) is 4.99 Å². The van der Waals surface area contributed by atoms with Crippen molar-refractivity contribution in [3.8, 4) is 0 Å². The summed E-state index contributed by atoms with van der Waals surface area (Å²) in [6, 6.07) is 12.1. The Hall–Kier alpha value is -2.36. The van der Waals surface area contributed by atoms with Gasteiger partial charge >= 0.3 is 0 Å². The molecule has 1 aliphatic heterocycles. The van der Waals surface area contributed by atoms with Gasteiger partial charge in [-0.2, -0.15) is 0 Å². The number of aliphatic imine (C=N–C) groups is 1. The Balaban J connectivity index is 0.00000210. The first kappa shape index (κ1) is 19.4. The van der Waals surface area contributed by atoms with Gasteiger partial charge in [0, 0.05) is 51.8 Å². The lowest BCUT2D eigenvalue weighted by Gasteiger charge is -2.37. The zero-order valence-corrected chi connectivity index (χ0v) is 17.7. The van der Waals surface area contributed by atoms with Gasteiger partial charge in [-0.25, -0.2) is 9.97 Å². The van der Waals surface area contributed by atoms with Gasteiger partial charge in [0.15, 0.2) is 5.96 Å². The molecule has 142 valence electrons. The van der Waals surface area contributed by atoms with Gasteiger partial charge in [0.05, 0.1) is 12.2 Å². The summed E-state index contributed by atoms with van der Waals surface area (Å²) in [6.07, 6.45) is 5.91. The van der Waals surface area contributed by atoms with E-state index in [1.54, 1.807) is 0 Å². The zero-order valence-electron chi connectivity index (χ0n) is 15.3. The molecule has 4 rings (SSSR count). The number of piperazine rings is 1. The summed E-state index contributed by atoms with van der Waals surface area (Å²) in [5.74, 6) is 1.96. The van der Waals surface area contributed by atoms with E-state index in [-0.39, 0.29) is 24.0 Å². The highest BCUT2D eigenvalue weighted by atomic mass is 127. The highest BCUT2D eigenvalue weighted by molar-refractivity contribution is 14.0. The molecule has 1 saturated heterocycles. The van der Waals surface area contributed by atoms with Crippen molar-refractivity contribution in [1.29, 1.82) is 0 Å². The molecule has 1 N–H and O–H groups in total. The Labute approximate surface area is 176 Å². The Morgan fingerprint density at radius 1 is 1.11 bits per heavy atom. The van der Waals surface area contributed by atoms with Crippen LogP contribution in [0.3, 0.4) is 0 Å². The molecule has 0 amide bonds. The first-order valence-electron chi connectivity index (χ1n) is 8.88. The summed E-state index contributed by atoms with van der Waals surface area (Å²) in [4.78, 5) is 18.1. The minimum atomic E-state index is 0. The molecule has 0 aromatic carbocycles. The summed E-state index contributed by atoms with van der Waals surface area (Å²) >= 11 is 0. The standard InChI is InChI=1S/C19H23N7.HI/c1-20-19(22-14-16-15-26-9-5-3-7-18(26)23-16)25-12-10-24(11-13-25)17-6-2-4-8-21-17;/h2-9,15H,10-14H2,1H3,(H,20,22);1H. The van der Waals surface area contributed by atoms with Gasteiger partial charge in [0.1, 0.15) is 11.5 Å².